The van der Waals surface area contributed by atoms with Crippen LogP contribution in [0.5, 0.6) is 0 Å². The summed E-state index contributed by atoms with van der Waals surface area (Å²) in [5.41, 5.74) is 6.54. The number of nitrogens with one attached hydrogen (secondary N) is 1. The lowest BCUT2D eigenvalue weighted by Gasteiger charge is -2.20. The van der Waals surface area contributed by atoms with Gasteiger partial charge in [-0.15, -0.1) is 0 Å². The maximum absolute atomic E-state index is 13.8. The lowest BCUT2D eigenvalue weighted by molar-refractivity contribution is 0.289. The van der Waals surface area contributed by atoms with E-state index in [9.17, 15) is 4.39 Å². The molecular formula is C14H20FN3S. The van der Waals surface area contributed by atoms with Gasteiger partial charge in [0.15, 0.2) is 0 Å². The van der Waals surface area contributed by atoms with E-state index in [1.807, 2.05) is 0 Å². The highest BCUT2D eigenvalue weighted by atomic mass is 32.1. The zero-order valence-electron chi connectivity index (χ0n) is 11.2. The van der Waals surface area contributed by atoms with Crippen molar-refractivity contribution in [1.82, 2.24) is 4.90 Å². The molecule has 1 saturated carbocycles. The largest absolute Gasteiger partial charge is 0.389 e. The van der Waals surface area contributed by atoms with Crippen molar-refractivity contribution in [1.29, 1.82) is 0 Å². The topological polar surface area (TPSA) is 41.3 Å². The summed E-state index contributed by atoms with van der Waals surface area (Å²) in [6.45, 7) is 4.90. The van der Waals surface area contributed by atoms with Gasteiger partial charge >= 0.3 is 0 Å². The third kappa shape index (κ3) is 3.88. The molecule has 0 radical (unpaired) electrons. The van der Waals surface area contributed by atoms with E-state index < -0.39 is 0 Å². The highest BCUT2D eigenvalue weighted by Gasteiger charge is 2.27. The first-order valence-corrected chi connectivity index (χ1v) is 7.10. The predicted octanol–water partition coefficient (Wildman–Crippen LogP) is 2.36. The molecule has 0 atom stereocenters. The minimum absolute atomic E-state index is 0.219. The van der Waals surface area contributed by atoms with E-state index in [0.29, 0.717) is 11.3 Å². The van der Waals surface area contributed by atoms with Crippen LogP contribution in [-0.4, -0.2) is 35.6 Å². The van der Waals surface area contributed by atoms with Gasteiger partial charge in [0.25, 0.3) is 0 Å². The SMILES string of the molecule is CCN(CCNc1ccc(C(N)=S)cc1F)C1CC1. The van der Waals surface area contributed by atoms with E-state index in [0.717, 1.165) is 25.7 Å². The normalized spacial score (nSPS) is 14.7. The number of hydrogen-bond acceptors (Lipinski definition) is 3. The Kier molecular flexibility index (Phi) is 4.71. The van der Waals surface area contributed by atoms with Gasteiger partial charge in [0.05, 0.1) is 5.69 Å². The molecule has 3 N–H and O–H groups in total. The Morgan fingerprint density at radius 2 is 2.26 bits per heavy atom. The number of nitrogens with zero attached hydrogens (tertiary/aromatic N) is 1. The number of hydrogen-bond donors (Lipinski definition) is 2. The summed E-state index contributed by atoms with van der Waals surface area (Å²) in [7, 11) is 0. The van der Waals surface area contributed by atoms with Gasteiger partial charge in [-0.05, 0) is 37.6 Å². The van der Waals surface area contributed by atoms with Gasteiger partial charge in [0.1, 0.15) is 10.8 Å². The first kappa shape index (κ1) is 14.2. The van der Waals surface area contributed by atoms with E-state index in [2.05, 4.69) is 17.1 Å². The molecule has 0 spiro atoms. The summed E-state index contributed by atoms with van der Waals surface area (Å²) in [5.74, 6) is -0.306. The van der Waals surface area contributed by atoms with Crippen LogP contribution in [0.1, 0.15) is 25.3 Å². The number of benzene rings is 1. The Morgan fingerprint density at radius 3 is 2.79 bits per heavy atom. The van der Waals surface area contributed by atoms with E-state index in [1.165, 1.54) is 18.9 Å². The zero-order chi connectivity index (χ0) is 13.8. The molecule has 104 valence electrons. The molecule has 5 heteroatoms. The second-order valence-electron chi connectivity index (χ2n) is 4.85. The molecular weight excluding hydrogens is 261 g/mol. The van der Waals surface area contributed by atoms with Crippen molar-refractivity contribution in [2.75, 3.05) is 25.0 Å². The van der Waals surface area contributed by atoms with Crippen LogP contribution < -0.4 is 11.1 Å². The molecule has 0 bridgehead atoms. The molecule has 1 fully saturated rings. The highest BCUT2D eigenvalue weighted by Crippen LogP contribution is 2.26. The van der Waals surface area contributed by atoms with Crippen molar-refractivity contribution < 1.29 is 4.39 Å². The molecule has 0 heterocycles. The van der Waals surface area contributed by atoms with E-state index >= 15 is 0 Å². The summed E-state index contributed by atoms with van der Waals surface area (Å²) in [5, 5.41) is 3.13. The molecule has 3 nitrogen and oxygen atoms in total. The molecule has 1 aromatic rings. The fourth-order valence-electron chi connectivity index (χ4n) is 2.18. The molecule has 1 aromatic carbocycles. The lowest BCUT2D eigenvalue weighted by atomic mass is 10.2. The van der Waals surface area contributed by atoms with Crippen LogP contribution in [-0.2, 0) is 0 Å². The Morgan fingerprint density at radius 1 is 1.53 bits per heavy atom. The van der Waals surface area contributed by atoms with Gasteiger partial charge < -0.3 is 11.1 Å². The molecule has 1 aliphatic rings. The first-order chi connectivity index (χ1) is 9.11. The number of likely N-dealkylation sites (N-methyl/N-ethyl adjacent to an activating group) is 1. The van der Waals surface area contributed by atoms with Crippen molar-refractivity contribution in [3.63, 3.8) is 0 Å². The van der Waals surface area contributed by atoms with E-state index in [4.69, 9.17) is 18.0 Å². The maximum Gasteiger partial charge on any atom is 0.146 e. The average molecular weight is 281 g/mol. The lowest BCUT2D eigenvalue weighted by Crippen LogP contribution is -2.31. The minimum Gasteiger partial charge on any atom is -0.389 e. The first-order valence-electron chi connectivity index (χ1n) is 6.69. The third-order valence-corrected chi connectivity index (χ3v) is 3.67. The number of thiocarbonyl (C=S) groups is 1. The number of nitrogens with two attached hydrogens (primary N) is 1. The van der Waals surface area contributed by atoms with Gasteiger partial charge in [0.2, 0.25) is 0 Å². The van der Waals surface area contributed by atoms with Crippen molar-refractivity contribution in [2.24, 2.45) is 5.73 Å². The molecule has 1 aliphatic carbocycles. The number of halogens is 1. The Balaban J connectivity index is 1.87. The van der Waals surface area contributed by atoms with Crippen LogP contribution in [0.15, 0.2) is 18.2 Å². The third-order valence-electron chi connectivity index (χ3n) is 3.44. The monoisotopic (exact) mass is 281 g/mol. The Hall–Kier alpha value is -1.20. The second kappa shape index (κ2) is 6.30. The molecule has 19 heavy (non-hydrogen) atoms. The standard InChI is InChI=1S/C14H20FN3S/c1-2-18(11-4-5-11)8-7-17-13-6-3-10(14(16)19)9-12(13)15/h3,6,9,11,17H,2,4-5,7-8H2,1H3,(H2,16,19). The smallest absolute Gasteiger partial charge is 0.146 e. The molecule has 0 saturated heterocycles. The molecule has 2 rings (SSSR count). The second-order valence-corrected chi connectivity index (χ2v) is 5.29. The van der Waals surface area contributed by atoms with Crippen molar-refractivity contribution >= 4 is 22.9 Å². The molecule has 0 unspecified atom stereocenters. The summed E-state index contributed by atoms with van der Waals surface area (Å²) in [6, 6.07) is 5.56. The fraction of sp³-hybridized carbons (Fsp3) is 0.500. The van der Waals surface area contributed by atoms with Gasteiger partial charge in [-0.3, -0.25) is 4.90 Å². The van der Waals surface area contributed by atoms with Crippen molar-refractivity contribution in [3.05, 3.63) is 29.6 Å². The summed E-state index contributed by atoms with van der Waals surface area (Å²) in [4.78, 5) is 2.64. The van der Waals surface area contributed by atoms with Gasteiger partial charge in [0, 0.05) is 24.7 Å². The van der Waals surface area contributed by atoms with Crippen molar-refractivity contribution in [3.8, 4) is 0 Å². The zero-order valence-corrected chi connectivity index (χ0v) is 12.0. The number of anilines is 1. The minimum atomic E-state index is -0.306. The van der Waals surface area contributed by atoms with Crippen LogP contribution >= 0.6 is 12.2 Å². The van der Waals surface area contributed by atoms with Crippen LogP contribution in [0.3, 0.4) is 0 Å². The predicted molar refractivity (Wildman–Crippen MR) is 81.0 cm³/mol. The van der Waals surface area contributed by atoms with Crippen LogP contribution in [0.2, 0.25) is 0 Å². The van der Waals surface area contributed by atoms with Gasteiger partial charge in [-0.25, -0.2) is 4.39 Å². The van der Waals surface area contributed by atoms with Crippen LogP contribution in [0.25, 0.3) is 0 Å². The van der Waals surface area contributed by atoms with E-state index in [-0.39, 0.29) is 10.8 Å². The Bertz CT molecular complexity index is 460. The van der Waals surface area contributed by atoms with E-state index in [1.54, 1.807) is 12.1 Å². The summed E-state index contributed by atoms with van der Waals surface area (Å²) in [6.07, 6.45) is 2.59. The Labute approximate surface area is 119 Å². The average Bonchev–Trinajstić information content (AvgIpc) is 3.20. The summed E-state index contributed by atoms with van der Waals surface area (Å²) >= 11 is 4.82. The molecule has 0 aliphatic heterocycles. The fourth-order valence-corrected chi connectivity index (χ4v) is 2.31. The summed E-state index contributed by atoms with van der Waals surface area (Å²) < 4.78 is 13.8. The van der Waals surface area contributed by atoms with Crippen LogP contribution in [0, 0.1) is 5.82 Å². The quantitative estimate of drug-likeness (QED) is 0.753. The van der Waals surface area contributed by atoms with Crippen molar-refractivity contribution in [2.45, 2.75) is 25.8 Å². The highest BCUT2D eigenvalue weighted by molar-refractivity contribution is 7.80. The molecule has 0 amide bonds. The number of rotatable bonds is 7. The van der Waals surface area contributed by atoms with Gasteiger partial charge in [-0.1, -0.05) is 19.1 Å². The molecule has 0 aromatic heterocycles. The maximum atomic E-state index is 13.8. The van der Waals surface area contributed by atoms with Crippen LogP contribution in [0.4, 0.5) is 10.1 Å². The van der Waals surface area contributed by atoms with Gasteiger partial charge in [-0.2, -0.15) is 0 Å².